The maximum Gasteiger partial charge on any atom is 0.122 e. The van der Waals surface area contributed by atoms with E-state index in [1.54, 1.807) is 7.11 Å². The summed E-state index contributed by atoms with van der Waals surface area (Å²) in [6.07, 6.45) is 0. The zero-order valence-electron chi connectivity index (χ0n) is 11.3. The molecule has 0 aliphatic heterocycles. The Balaban J connectivity index is 2.01. The van der Waals surface area contributed by atoms with E-state index in [-0.39, 0.29) is 6.04 Å². The summed E-state index contributed by atoms with van der Waals surface area (Å²) < 4.78 is 11.0. The Morgan fingerprint density at radius 2 is 1.89 bits per heavy atom. The second kappa shape index (κ2) is 6.25. The number of methoxy groups -OCH3 is 1. The molecular weight excluding hydrogens is 238 g/mol. The number of ether oxygens (including phenoxy) is 2. The number of hydrogen-bond acceptors (Lipinski definition) is 3. The Morgan fingerprint density at radius 1 is 1.11 bits per heavy atom. The van der Waals surface area contributed by atoms with Gasteiger partial charge < -0.3 is 15.2 Å². The molecule has 3 nitrogen and oxygen atoms in total. The number of aryl methyl sites for hydroxylation is 1. The van der Waals surface area contributed by atoms with Crippen LogP contribution in [0.1, 0.15) is 17.2 Å². The van der Waals surface area contributed by atoms with Crippen LogP contribution in [0.15, 0.2) is 48.5 Å². The van der Waals surface area contributed by atoms with Gasteiger partial charge in [-0.3, -0.25) is 0 Å². The van der Waals surface area contributed by atoms with Crippen molar-refractivity contribution >= 4 is 0 Å². The van der Waals surface area contributed by atoms with Crippen molar-refractivity contribution in [1.29, 1.82) is 0 Å². The molecule has 100 valence electrons. The summed E-state index contributed by atoms with van der Waals surface area (Å²) in [5.41, 5.74) is 8.25. The van der Waals surface area contributed by atoms with E-state index in [0.717, 1.165) is 22.6 Å². The molecule has 0 bridgehead atoms. The summed E-state index contributed by atoms with van der Waals surface area (Å²) in [6.45, 7) is 2.46. The minimum Gasteiger partial charge on any atom is -0.497 e. The molecular formula is C16H19NO2. The van der Waals surface area contributed by atoms with Gasteiger partial charge in [-0.1, -0.05) is 30.3 Å². The van der Waals surface area contributed by atoms with Gasteiger partial charge in [0.15, 0.2) is 0 Å². The van der Waals surface area contributed by atoms with Gasteiger partial charge in [-0.05, 0) is 36.2 Å². The van der Waals surface area contributed by atoms with E-state index in [2.05, 4.69) is 0 Å². The van der Waals surface area contributed by atoms with Crippen molar-refractivity contribution in [2.75, 3.05) is 13.7 Å². The molecule has 2 rings (SSSR count). The average Bonchev–Trinajstić information content (AvgIpc) is 2.46. The van der Waals surface area contributed by atoms with E-state index in [0.29, 0.717) is 6.61 Å². The fraction of sp³-hybridized carbons (Fsp3) is 0.250. The standard InChI is InChI=1S/C16H19NO2/c1-12-6-3-4-9-16(12)19-11-15(17)13-7-5-8-14(10-13)18-2/h3-10,15H,11,17H2,1-2H3. The van der Waals surface area contributed by atoms with Crippen LogP contribution < -0.4 is 15.2 Å². The second-order valence-electron chi connectivity index (χ2n) is 4.46. The largest absolute Gasteiger partial charge is 0.497 e. The lowest BCUT2D eigenvalue weighted by molar-refractivity contribution is 0.288. The van der Waals surface area contributed by atoms with Gasteiger partial charge in [-0.15, -0.1) is 0 Å². The fourth-order valence-corrected chi connectivity index (χ4v) is 1.87. The van der Waals surface area contributed by atoms with E-state index in [1.807, 2.05) is 55.5 Å². The highest BCUT2D eigenvalue weighted by atomic mass is 16.5. The van der Waals surface area contributed by atoms with Gasteiger partial charge in [0.05, 0.1) is 13.2 Å². The van der Waals surface area contributed by atoms with Crippen molar-refractivity contribution in [1.82, 2.24) is 0 Å². The Kier molecular flexibility index (Phi) is 4.42. The maximum absolute atomic E-state index is 6.14. The number of hydrogen-bond donors (Lipinski definition) is 1. The highest BCUT2D eigenvalue weighted by Crippen LogP contribution is 2.21. The third-order valence-electron chi connectivity index (χ3n) is 3.03. The minimum absolute atomic E-state index is 0.172. The fourth-order valence-electron chi connectivity index (χ4n) is 1.87. The van der Waals surface area contributed by atoms with Crippen molar-refractivity contribution in [2.45, 2.75) is 13.0 Å². The summed E-state index contributed by atoms with van der Waals surface area (Å²) in [5.74, 6) is 1.68. The molecule has 3 heteroatoms. The minimum atomic E-state index is -0.172. The van der Waals surface area contributed by atoms with Crippen LogP contribution >= 0.6 is 0 Å². The predicted octanol–water partition coefficient (Wildman–Crippen LogP) is 3.08. The van der Waals surface area contributed by atoms with Gasteiger partial charge in [0.1, 0.15) is 18.1 Å². The van der Waals surface area contributed by atoms with Crippen molar-refractivity contribution in [3.63, 3.8) is 0 Å². The van der Waals surface area contributed by atoms with E-state index in [9.17, 15) is 0 Å². The first-order chi connectivity index (χ1) is 9.20. The molecule has 0 spiro atoms. The van der Waals surface area contributed by atoms with E-state index >= 15 is 0 Å². The van der Waals surface area contributed by atoms with Crippen molar-refractivity contribution < 1.29 is 9.47 Å². The molecule has 0 aromatic heterocycles. The maximum atomic E-state index is 6.14. The summed E-state index contributed by atoms with van der Waals surface area (Å²) >= 11 is 0. The molecule has 19 heavy (non-hydrogen) atoms. The van der Waals surface area contributed by atoms with Crippen LogP contribution in [0.4, 0.5) is 0 Å². The number of benzene rings is 2. The molecule has 0 radical (unpaired) electrons. The molecule has 2 aromatic rings. The van der Waals surface area contributed by atoms with Crippen LogP contribution in [-0.2, 0) is 0 Å². The van der Waals surface area contributed by atoms with Crippen LogP contribution in [0.5, 0.6) is 11.5 Å². The highest BCUT2D eigenvalue weighted by molar-refractivity contribution is 5.33. The molecule has 2 N–H and O–H groups in total. The van der Waals surface area contributed by atoms with Gasteiger partial charge >= 0.3 is 0 Å². The van der Waals surface area contributed by atoms with Crippen LogP contribution in [0.3, 0.4) is 0 Å². The summed E-state index contributed by atoms with van der Waals surface area (Å²) in [4.78, 5) is 0. The molecule has 0 saturated carbocycles. The Labute approximate surface area is 114 Å². The van der Waals surface area contributed by atoms with Gasteiger partial charge in [-0.25, -0.2) is 0 Å². The van der Waals surface area contributed by atoms with Crippen molar-refractivity contribution in [2.24, 2.45) is 5.73 Å². The Hall–Kier alpha value is -2.00. The number of nitrogens with two attached hydrogens (primary N) is 1. The third kappa shape index (κ3) is 3.48. The lowest BCUT2D eigenvalue weighted by Gasteiger charge is -2.15. The Morgan fingerprint density at radius 3 is 2.63 bits per heavy atom. The third-order valence-corrected chi connectivity index (χ3v) is 3.03. The van der Waals surface area contributed by atoms with Gasteiger partial charge in [0, 0.05) is 0 Å². The van der Waals surface area contributed by atoms with Crippen LogP contribution in [0.25, 0.3) is 0 Å². The van der Waals surface area contributed by atoms with Crippen LogP contribution in [0, 0.1) is 6.92 Å². The topological polar surface area (TPSA) is 44.5 Å². The van der Waals surface area contributed by atoms with Gasteiger partial charge in [0.25, 0.3) is 0 Å². The van der Waals surface area contributed by atoms with Gasteiger partial charge in [0.2, 0.25) is 0 Å². The van der Waals surface area contributed by atoms with E-state index in [4.69, 9.17) is 15.2 Å². The molecule has 2 aromatic carbocycles. The number of para-hydroxylation sites is 1. The predicted molar refractivity (Wildman–Crippen MR) is 76.6 cm³/mol. The van der Waals surface area contributed by atoms with Crippen molar-refractivity contribution in [3.05, 3.63) is 59.7 Å². The lowest BCUT2D eigenvalue weighted by Crippen LogP contribution is -2.19. The lowest BCUT2D eigenvalue weighted by atomic mass is 10.1. The Bertz CT molecular complexity index is 540. The smallest absolute Gasteiger partial charge is 0.122 e. The molecule has 0 aliphatic rings. The first-order valence-corrected chi connectivity index (χ1v) is 6.28. The van der Waals surface area contributed by atoms with E-state index < -0.39 is 0 Å². The molecule has 0 amide bonds. The molecule has 0 saturated heterocycles. The zero-order valence-corrected chi connectivity index (χ0v) is 11.3. The molecule has 0 fully saturated rings. The van der Waals surface area contributed by atoms with E-state index in [1.165, 1.54) is 0 Å². The summed E-state index contributed by atoms with van der Waals surface area (Å²) in [5, 5.41) is 0. The zero-order chi connectivity index (χ0) is 13.7. The summed E-state index contributed by atoms with van der Waals surface area (Å²) in [6, 6.07) is 15.5. The first-order valence-electron chi connectivity index (χ1n) is 6.28. The molecule has 0 heterocycles. The normalized spacial score (nSPS) is 11.9. The monoisotopic (exact) mass is 257 g/mol. The molecule has 0 aliphatic carbocycles. The highest BCUT2D eigenvalue weighted by Gasteiger charge is 2.08. The first kappa shape index (κ1) is 13.4. The SMILES string of the molecule is COc1cccc(C(N)COc2ccccc2C)c1. The second-order valence-corrected chi connectivity index (χ2v) is 4.46. The average molecular weight is 257 g/mol. The summed E-state index contributed by atoms with van der Waals surface area (Å²) in [7, 11) is 1.65. The van der Waals surface area contributed by atoms with Gasteiger partial charge in [-0.2, -0.15) is 0 Å². The molecule has 1 atom stereocenters. The van der Waals surface area contributed by atoms with Crippen LogP contribution in [0.2, 0.25) is 0 Å². The molecule has 1 unspecified atom stereocenters. The van der Waals surface area contributed by atoms with Crippen LogP contribution in [-0.4, -0.2) is 13.7 Å². The quantitative estimate of drug-likeness (QED) is 0.895. The number of rotatable bonds is 5. The van der Waals surface area contributed by atoms with Crippen molar-refractivity contribution in [3.8, 4) is 11.5 Å².